The van der Waals surface area contributed by atoms with Gasteiger partial charge in [-0.1, -0.05) is 26.2 Å². The van der Waals surface area contributed by atoms with E-state index >= 15 is 0 Å². The van der Waals surface area contributed by atoms with E-state index in [1.165, 1.54) is 37.7 Å². The van der Waals surface area contributed by atoms with Crippen LogP contribution in [0.2, 0.25) is 0 Å². The molecule has 0 spiro atoms. The van der Waals surface area contributed by atoms with E-state index in [0.29, 0.717) is 6.04 Å². The molecule has 1 aromatic heterocycles. The molecular weight excluding hydrogens is 254 g/mol. The van der Waals surface area contributed by atoms with Gasteiger partial charge in [-0.25, -0.2) is 9.97 Å². The number of rotatable bonds is 7. The number of nitrogens with one attached hydrogen (secondary N) is 1. The highest BCUT2D eigenvalue weighted by atomic mass is 32.2. The molecule has 2 rings (SSSR count). The normalized spacial score (nSPS) is 18.4. The van der Waals surface area contributed by atoms with Gasteiger partial charge >= 0.3 is 0 Å². The van der Waals surface area contributed by atoms with Crippen molar-refractivity contribution < 1.29 is 0 Å². The molecule has 4 heteroatoms. The average molecular weight is 279 g/mol. The Labute approximate surface area is 121 Å². The van der Waals surface area contributed by atoms with Gasteiger partial charge in [0.05, 0.1) is 0 Å². The SMILES string of the molecule is CCCNC(CSC1CCCCC1)c1cncnc1. The van der Waals surface area contributed by atoms with E-state index in [1.807, 2.05) is 12.4 Å². The van der Waals surface area contributed by atoms with Gasteiger partial charge in [-0.2, -0.15) is 11.8 Å². The quantitative estimate of drug-likeness (QED) is 0.828. The predicted octanol–water partition coefficient (Wildman–Crippen LogP) is 3.58. The monoisotopic (exact) mass is 279 g/mol. The van der Waals surface area contributed by atoms with Crippen molar-refractivity contribution in [3.05, 3.63) is 24.3 Å². The minimum atomic E-state index is 0.396. The fourth-order valence-electron chi connectivity index (χ4n) is 2.55. The van der Waals surface area contributed by atoms with Crippen LogP contribution in [0.5, 0.6) is 0 Å². The molecule has 19 heavy (non-hydrogen) atoms. The Morgan fingerprint density at radius 2 is 2.00 bits per heavy atom. The van der Waals surface area contributed by atoms with Crippen molar-refractivity contribution in [1.82, 2.24) is 15.3 Å². The Morgan fingerprint density at radius 1 is 1.26 bits per heavy atom. The van der Waals surface area contributed by atoms with Gasteiger partial charge in [-0.15, -0.1) is 0 Å². The zero-order chi connectivity index (χ0) is 13.3. The van der Waals surface area contributed by atoms with Crippen LogP contribution in [-0.4, -0.2) is 27.5 Å². The summed E-state index contributed by atoms with van der Waals surface area (Å²) < 4.78 is 0. The van der Waals surface area contributed by atoms with Crippen LogP contribution in [0.1, 0.15) is 57.1 Å². The van der Waals surface area contributed by atoms with E-state index in [-0.39, 0.29) is 0 Å². The van der Waals surface area contributed by atoms with Crippen LogP contribution >= 0.6 is 11.8 Å². The van der Waals surface area contributed by atoms with Gasteiger partial charge in [0.25, 0.3) is 0 Å². The molecule has 106 valence electrons. The highest BCUT2D eigenvalue weighted by molar-refractivity contribution is 7.99. The fraction of sp³-hybridized carbons (Fsp3) is 0.733. The topological polar surface area (TPSA) is 37.8 Å². The fourth-order valence-corrected chi connectivity index (χ4v) is 3.99. The molecule has 1 N–H and O–H groups in total. The van der Waals surface area contributed by atoms with Gasteiger partial charge in [0.2, 0.25) is 0 Å². The highest BCUT2D eigenvalue weighted by Gasteiger charge is 2.17. The summed E-state index contributed by atoms with van der Waals surface area (Å²) in [5, 5.41) is 4.49. The molecule has 0 amide bonds. The maximum atomic E-state index is 4.15. The molecule has 1 aliphatic carbocycles. The van der Waals surface area contributed by atoms with Gasteiger partial charge in [-0.3, -0.25) is 0 Å². The third-order valence-corrected chi connectivity index (χ3v) is 5.14. The average Bonchev–Trinajstić information content (AvgIpc) is 2.49. The lowest BCUT2D eigenvalue weighted by Gasteiger charge is -2.24. The summed E-state index contributed by atoms with van der Waals surface area (Å²) in [7, 11) is 0. The summed E-state index contributed by atoms with van der Waals surface area (Å²) in [5.74, 6) is 1.14. The van der Waals surface area contributed by atoms with Crippen molar-refractivity contribution in [2.75, 3.05) is 12.3 Å². The first kappa shape index (κ1) is 14.8. The smallest absolute Gasteiger partial charge is 0.115 e. The molecular formula is C15H25N3S. The second-order valence-electron chi connectivity index (χ2n) is 5.27. The maximum absolute atomic E-state index is 4.15. The molecule has 1 heterocycles. The first-order valence-corrected chi connectivity index (χ1v) is 8.55. The zero-order valence-corrected chi connectivity index (χ0v) is 12.7. The van der Waals surface area contributed by atoms with E-state index in [4.69, 9.17) is 0 Å². The molecule has 0 aromatic carbocycles. The summed E-state index contributed by atoms with van der Waals surface area (Å²) in [5.41, 5.74) is 1.22. The minimum Gasteiger partial charge on any atom is -0.309 e. The van der Waals surface area contributed by atoms with E-state index in [0.717, 1.165) is 24.0 Å². The second-order valence-corrected chi connectivity index (χ2v) is 6.61. The maximum Gasteiger partial charge on any atom is 0.115 e. The van der Waals surface area contributed by atoms with E-state index in [1.54, 1.807) is 6.33 Å². The van der Waals surface area contributed by atoms with Crippen molar-refractivity contribution in [1.29, 1.82) is 0 Å². The van der Waals surface area contributed by atoms with Crippen LogP contribution in [0.25, 0.3) is 0 Å². The largest absolute Gasteiger partial charge is 0.309 e. The molecule has 1 aromatic rings. The molecule has 0 bridgehead atoms. The molecule has 0 radical (unpaired) electrons. The Bertz CT molecular complexity index is 339. The van der Waals surface area contributed by atoms with Crippen molar-refractivity contribution >= 4 is 11.8 Å². The number of nitrogens with zero attached hydrogens (tertiary/aromatic N) is 2. The molecule has 1 aliphatic rings. The van der Waals surface area contributed by atoms with E-state index in [2.05, 4.69) is 34.0 Å². The lowest BCUT2D eigenvalue weighted by molar-refractivity contribution is 0.513. The summed E-state index contributed by atoms with van der Waals surface area (Å²) in [6.45, 7) is 3.27. The molecule has 1 fully saturated rings. The van der Waals surface area contributed by atoms with Gasteiger partial charge < -0.3 is 5.32 Å². The molecule has 1 atom stereocenters. The zero-order valence-electron chi connectivity index (χ0n) is 11.8. The Kier molecular flexibility index (Phi) is 6.65. The number of hydrogen-bond acceptors (Lipinski definition) is 4. The molecule has 0 saturated heterocycles. The lowest BCUT2D eigenvalue weighted by atomic mass is 10.0. The van der Waals surface area contributed by atoms with Crippen LogP contribution < -0.4 is 5.32 Å². The number of aromatic nitrogens is 2. The number of thioether (sulfide) groups is 1. The van der Waals surface area contributed by atoms with Gasteiger partial charge in [0.1, 0.15) is 6.33 Å². The van der Waals surface area contributed by atoms with E-state index < -0.39 is 0 Å². The Balaban J connectivity index is 1.86. The van der Waals surface area contributed by atoms with Crippen molar-refractivity contribution in [3.8, 4) is 0 Å². The molecule has 1 unspecified atom stereocenters. The van der Waals surface area contributed by atoms with Crippen LogP contribution in [0.15, 0.2) is 18.7 Å². The Morgan fingerprint density at radius 3 is 2.68 bits per heavy atom. The predicted molar refractivity (Wildman–Crippen MR) is 82.4 cm³/mol. The summed E-state index contributed by atoms with van der Waals surface area (Å²) in [4.78, 5) is 8.30. The summed E-state index contributed by atoms with van der Waals surface area (Å²) >= 11 is 2.13. The summed E-state index contributed by atoms with van der Waals surface area (Å²) in [6, 6.07) is 0.396. The van der Waals surface area contributed by atoms with Gasteiger partial charge in [0, 0.05) is 35.0 Å². The van der Waals surface area contributed by atoms with E-state index in [9.17, 15) is 0 Å². The van der Waals surface area contributed by atoms with Crippen LogP contribution in [0.3, 0.4) is 0 Å². The Hall–Kier alpha value is -0.610. The molecule has 0 aliphatic heterocycles. The van der Waals surface area contributed by atoms with Crippen molar-refractivity contribution in [2.24, 2.45) is 0 Å². The van der Waals surface area contributed by atoms with Gasteiger partial charge in [0.15, 0.2) is 0 Å². The molecule has 1 saturated carbocycles. The van der Waals surface area contributed by atoms with Gasteiger partial charge in [-0.05, 0) is 25.8 Å². The van der Waals surface area contributed by atoms with Crippen LogP contribution in [-0.2, 0) is 0 Å². The first-order valence-electron chi connectivity index (χ1n) is 7.50. The lowest BCUT2D eigenvalue weighted by Crippen LogP contribution is -2.25. The van der Waals surface area contributed by atoms with Crippen molar-refractivity contribution in [3.63, 3.8) is 0 Å². The summed E-state index contributed by atoms with van der Waals surface area (Å²) in [6.07, 6.45) is 13.7. The minimum absolute atomic E-state index is 0.396. The number of hydrogen-bond donors (Lipinski definition) is 1. The standard InChI is InChI=1S/C15H25N3S/c1-2-8-18-15(13-9-16-12-17-10-13)11-19-14-6-4-3-5-7-14/h9-10,12,14-15,18H,2-8,11H2,1H3. The third kappa shape index (κ3) is 5.11. The van der Waals surface area contributed by atoms with Crippen LogP contribution in [0.4, 0.5) is 0 Å². The first-order chi connectivity index (χ1) is 9.40. The van der Waals surface area contributed by atoms with Crippen molar-refractivity contribution in [2.45, 2.75) is 56.7 Å². The molecule has 3 nitrogen and oxygen atoms in total. The van der Waals surface area contributed by atoms with Crippen LogP contribution in [0, 0.1) is 0 Å². The highest BCUT2D eigenvalue weighted by Crippen LogP contribution is 2.30. The second kappa shape index (κ2) is 8.54. The third-order valence-electron chi connectivity index (χ3n) is 3.67.